The Bertz CT molecular complexity index is 907. The van der Waals surface area contributed by atoms with Crippen molar-refractivity contribution in [3.05, 3.63) is 58.3 Å². The zero-order chi connectivity index (χ0) is 21.8. The van der Waals surface area contributed by atoms with E-state index in [0.29, 0.717) is 26.1 Å². The van der Waals surface area contributed by atoms with Crippen molar-refractivity contribution < 1.29 is 14.4 Å². The third kappa shape index (κ3) is 5.15. The number of carbonyl (C=O) groups is 3. The van der Waals surface area contributed by atoms with Crippen molar-refractivity contribution >= 4 is 29.1 Å². The van der Waals surface area contributed by atoms with Crippen LogP contribution in [0.1, 0.15) is 42.7 Å². The van der Waals surface area contributed by atoms with Crippen LogP contribution < -0.4 is 5.32 Å². The van der Waals surface area contributed by atoms with Crippen LogP contribution in [0.15, 0.2) is 47.8 Å². The molecular weight excluding hydrogens is 410 g/mol. The van der Waals surface area contributed by atoms with Gasteiger partial charge in [0, 0.05) is 37.0 Å². The van der Waals surface area contributed by atoms with E-state index in [1.54, 1.807) is 11.3 Å². The van der Waals surface area contributed by atoms with Crippen LogP contribution in [-0.2, 0) is 20.8 Å². The first-order chi connectivity index (χ1) is 15.0. The molecule has 1 aromatic heterocycles. The molecule has 0 radical (unpaired) electrons. The van der Waals surface area contributed by atoms with E-state index in [4.69, 9.17) is 0 Å². The number of likely N-dealkylation sites (tertiary alicyclic amines) is 2. The predicted molar refractivity (Wildman–Crippen MR) is 120 cm³/mol. The van der Waals surface area contributed by atoms with Gasteiger partial charge in [0.25, 0.3) is 0 Å². The summed E-state index contributed by atoms with van der Waals surface area (Å²) in [5, 5.41) is 5.08. The van der Waals surface area contributed by atoms with E-state index in [2.05, 4.69) is 5.32 Å². The molecule has 1 N–H and O–H groups in total. The van der Waals surface area contributed by atoms with Crippen LogP contribution in [0, 0.1) is 5.92 Å². The number of benzene rings is 1. The monoisotopic (exact) mass is 439 g/mol. The summed E-state index contributed by atoms with van der Waals surface area (Å²) in [4.78, 5) is 42.6. The van der Waals surface area contributed by atoms with Crippen LogP contribution in [0.3, 0.4) is 0 Å². The van der Waals surface area contributed by atoms with E-state index >= 15 is 0 Å². The number of thiophene rings is 1. The lowest BCUT2D eigenvalue weighted by Crippen LogP contribution is -2.48. The first-order valence-electron chi connectivity index (χ1n) is 11.0. The molecule has 164 valence electrons. The molecule has 0 spiro atoms. The molecule has 2 aliphatic heterocycles. The number of hydrogen-bond acceptors (Lipinski definition) is 4. The molecule has 2 saturated heterocycles. The fraction of sp³-hybridized carbons (Fsp3) is 0.458. The Balaban J connectivity index is 1.26. The van der Waals surface area contributed by atoms with Gasteiger partial charge < -0.3 is 15.1 Å². The van der Waals surface area contributed by atoms with Crippen LogP contribution in [0.4, 0.5) is 0 Å². The molecule has 2 aromatic rings. The number of rotatable bonds is 6. The highest BCUT2D eigenvalue weighted by molar-refractivity contribution is 7.10. The molecule has 2 unspecified atom stereocenters. The second-order valence-electron chi connectivity index (χ2n) is 8.46. The van der Waals surface area contributed by atoms with E-state index in [9.17, 15) is 14.4 Å². The molecule has 0 bridgehead atoms. The van der Waals surface area contributed by atoms with Crippen molar-refractivity contribution in [2.45, 2.75) is 44.7 Å². The molecule has 1 aromatic carbocycles. The second kappa shape index (κ2) is 9.64. The third-order valence-corrected chi connectivity index (χ3v) is 7.22. The summed E-state index contributed by atoms with van der Waals surface area (Å²) < 4.78 is 0. The molecule has 0 saturated carbocycles. The topological polar surface area (TPSA) is 69.7 Å². The van der Waals surface area contributed by atoms with E-state index < -0.39 is 0 Å². The molecular formula is C24H29N3O3S. The van der Waals surface area contributed by atoms with Crippen molar-refractivity contribution in [1.82, 2.24) is 15.1 Å². The zero-order valence-electron chi connectivity index (χ0n) is 17.8. The number of nitrogens with one attached hydrogen (secondary N) is 1. The highest BCUT2D eigenvalue weighted by Gasteiger charge is 2.39. The first-order valence-corrected chi connectivity index (χ1v) is 11.8. The predicted octanol–water partition coefficient (Wildman–Crippen LogP) is 3.01. The highest BCUT2D eigenvalue weighted by atomic mass is 32.1. The lowest BCUT2D eigenvalue weighted by atomic mass is 10.0. The highest BCUT2D eigenvalue weighted by Crippen LogP contribution is 2.30. The van der Waals surface area contributed by atoms with Gasteiger partial charge in [-0.25, -0.2) is 0 Å². The molecule has 3 amide bonds. The number of hydrogen-bond donors (Lipinski definition) is 1. The average Bonchev–Trinajstić information content (AvgIpc) is 3.43. The molecule has 31 heavy (non-hydrogen) atoms. The van der Waals surface area contributed by atoms with Crippen LogP contribution in [0.25, 0.3) is 0 Å². The van der Waals surface area contributed by atoms with Crippen molar-refractivity contribution in [2.75, 3.05) is 19.6 Å². The van der Waals surface area contributed by atoms with Gasteiger partial charge in [-0.05, 0) is 36.8 Å². The normalized spacial score (nSPS) is 20.7. The zero-order valence-corrected chi connectivity index (χ0v) is 18.6. The maximum absolute atomic E-state index is 13.1. The first kappa shape index (κ1) is 21.6. The van der Waals surface area contributed by atoms with E-state index in [0.717, 1.165) is 23.3 Å². The molecule has 6 nitrogen and oxygen atoms in total. The molecule has 3 heterocycles. The lowest BCUT2D eigenvalue weighted by Gasteiger charge is -2.34. The lowest BCUT2D eigenvalue weighted by molar-refractivity contribution is -0.137. The minimum absolute atomic E-state index is 0.0317. The van der Waals surface area contributed by atoms with Gasteiger partial charge in [-0.1, -0.05) is 36.4 Å². The van der Waals surface area contributed by atoms with Gasteiger partial charge >= 0.3 is 0 Å². The third-order valence-electron chi connectivity index (χ3n) is 6.34. The van der Waals surface area contributed by atoms with Gasteiger partial charge in [-0.3, -0.25) is 14.4 Å². The van der Waals surface area contributed by atoms with Crippen molar-refractivity contribution in [1.29, 1.82) is 0 Å². The fourth-order valence-corrected chi connectivity index (χ4v) is 5.24. The summed E-state index contributed by atoms with van der Waals surface area (Å²) >= 11 is 1.59. The van der Waals surface area contributed by atoms with Gasteiger partial charge in [0.1, 0.15) is 0 Å². The number of amides is 3. The Labute approximate surface area is 187 Å². The van der Waals surface area contributed by atoms with Gasteiger partial charge in [0.2, 0.25) is 17.7 Å². The summed E-state index contributed by atoms with van der Waals surface area (Å²) in [6, 6.07) is 13.9. The van der Waals surface area contributed by atoms with E-state index in [1.165, 1.54) is 0 Å². The van der Waals surface area contributed by atoms with Gasteiger partial charge in [0.05, 0.1) is 18.4 Å². The standard InChI is InChI=1S/C24H29N3O3S/c1-17(18-6-3-2-4-7-18)27-16-19(14-23(27)29)24(30)26-11-9-20(10-12-26)25-22(28)15-21-8-5-13-31-21/h2-8,13,17,19-20H,9-12,14-16H2,1H3,(H,25,28). The van der Waals surface area contributed by atoms with Crippen molar-refractivity contribution in [3.63, 3.8) is 0 Å². The van der Waals surface area contributed by atoms with Gasteiger partial charge in [-0.15, -0.1) is 11.3 Å². The second-order valence-corrected chi connectivity index (χ2v) is 9.49. The summed E-state index contributed by atoms with van der Waals surface area (Å²) in [5.41, 5.74) is 1.09. The number of piperidine rings is 1. The molecule has 0 aliphatic carbocycles. The van der Waals surface area contributed by atoms with Crippen LogP contribution in [0.5, 0.6) is 0 Å². The van der Waals surface area contributed by atoms with E-state index in [-0.39, 0.29) is 42.1 Å². The molecule has 2 atom stereocenters. The van der Waals surface area contributed by atoms with Crippen molar-refractivity contribution in [2.24, 2.45) is 5.92 Å². The number of nitrogens with zero attached hydrogens (tertiary/aromatic N) is 2. The molecule has 2 aliphatic rings. The molecule has 2 fully saturated rings. The summed E-state index contributed by atoms with van der Waals surface area (Å²) in [6.45, 7) is 3.75. The van der Waals surface area contributed by atoms with Gasteiger partial charge in [-0.2, -0.15) is 0 Å². The Kier molecular flexibility index (Phi) is 6.70. The summed E-state index contributed by atoms with van der Waals surface area (Å²) in [5.74, 6) is -0.118. The van der Waals surface area contributed by atoms with Crippen molar-refractivity contribution in [3.8, 4) is 0 Å². The fourth-order valence-electron chi connectivity index (χ4n) is 4.54. The number of carbonyl (C=O) groups excluding carboxylic acids is 3. The average molecular weight is 440 g/mol. The van der Waals surface area contributed by atoms with Crippen LogP contribution in [0.2, 0.25) is 0 Å². The molecule has 4 rings (SSSR count). The summed E-state index contributed by atoms with van der Waals surface area (Å²) in [6.07, 6.45) is 2.21. The Hall–Kier alpha value is -2.67. The quantitative estimate of drug-likeness (QED) is 0.752. The minimum Gasteiger partial charge on any atom is -0.353 e. The molecule has 7 heteroatoms. The minimum atomic E-state index is -0.274. The smallest absolute Gasteiger partial charge is 0.227 e. The van der Waals surface area contributed by atoms with Crippen LogP contribution >= 0.6 is 11.3 Å². The largest absolute Gasteiger partial charge is 0.353 e. The Morgan fingerprint density at radius 2 is 1.87 bits per heavy atom. The SMILES string of the molecule is CC(c1ccccc1)N1CC(C(=O)N2CCC(NC(=O)Cc3cccs3)CC2)CC1=O. The van der Waals surface area contributed by atoms with Gasteiger partial charge in [0.15, 0.2) is 0 Å². The maximum Gasteiger partial charge on any atom is 0.227 e. The Morgan fingerprint density at radius 1 is 1.13 bits per heavy atom. The van der Waals surface area contributed by atoms with Crippen LogP contribution in [-0.4, -0.2) is 53.2 Å². The summed E-state index contributed by atoms with van der Waals surface area (Å²) in [7, 11) is 0. The van der Waals surface area contributed by atoms with E-state index in [1.807, 2.05) is 64.6 Å². The maximum atomic E-state index is 13.1. The Morgan fingerprint density at radius 3 is 2.55 bits per heavy atom.